The van der Waals surface area contributed by atoms with Crippen molar-refractivity contribution >= 4 is 16.9 Å². The van der Waals surface area contributed by atoms with E-state index in [1.165, 1.54) is 24.3 Å². The van der Waals surface area contributed by atoms with Crippen LogP contribution in [0.3, 0.4) is 0 Å². The van der Waals surface area contributed by atoms with Gasteiger partial charge in [-0.05, 0) is 44.0 Å². The SMILES string of the molecule is Cc1c(C(=O)N(Cc2ccccc2F)C[C@@H]2CCCO2)oc2ccc(F)cc12. The van der Waals surface area contributed by atoms with Gasteiger partial charge in [0.1, 0.15) is 17.2 Å². The fourth-order valence-corrected chi connectivity index (χ4v) is 3.63. The lowest BCUT2D eigenvalue weighted by molar-refractivity contribution is 0.0482. The van der Waals surface area contributed by atoms with Gasteiger partial charge in [0.25, 0.3) is 5.91 Å². The Morgan fingerprint density at radius 2 is 2.04 bits per heavy atom. The van der Waals surface area contributed by atoms with Crippen LogP contribution in [0.4, 0.5) is 8.78 Å². The van der Waals surface area contributed by atoms with Crippen molar-refractivity contribution in [2.75, 3.05) is 13.2 Å². The molecular weight excluding hydrogens is 364 g/mol. The van der Waals surface area contributed by atoms with Crippen molar-refractivity contribution in [3.05, 3.63) is 71.0 Å². The Bertz CT molecular complexity index is 1010. The maximum Gasteiger partial charge on any atom is 0.290 e. The molecule has 2 heterocycles. The summed E-state index contributed by atoms with van der Waals surface area (Å²) in [4.78, 5) is 14.8. The van der Waals surface area contributed by atoms with Crippen molar-refractivity contribution in [1.29, 1.82) is 0 Å². The molecule has 3 aromatic rings. The van der Waals surface area contributed by atoms with E-state index >= 15 is 0 Å². The zero-order valence-electron chi connectivity index (χ0n) is 15.6. The zero-order chi connectivity index (χ0) is 19.7. The van der Waals surface area contributed by atoms with Crippen molar-refractivity contribution in [2.24, 2.45) is 0 Å². The first kappa shape index (κ1) is 18.6. The molecule has 28 heavy (non-hydrogen) atoms. The topological polar surface area (TPSA) is 42.7 Å². The lowest BCUT2D eigenvalue weighted by atomic mass is 10.1. The molecule has 2 aromatic carbocycles. The van der Waals surface area contributed by atoms with Gasteiger partial charge in [0.05, 0.1) is 6.10 Å². The summed E-state index contributed by atoms with van der Waals surface area (Å²) in [5.41, 5.74) is 1.45. The summed E-state index contributed by atoms with van der Waals surface area (Å²) in [6.07, 6.45) is 1.71. The average Bonchev–Trinajstić information content (AvgIpc) is 3.31. The van der Waals surface area contributed by atoms with Gasteiger partial charge in [-0.2, -0.15) is 0 Å². The average molecular weight is 385 g/mol. The standard InChI is InChI=1S/C22H21F2NO3/c1-14-18-11-16(23)8-9-20(18)28-21(14)22(26)25(13-17-6-4-10-27-17)12-15-5-2-3-7-19(15)24/h2-3,5,7-9,11,17H,4,6,10,12-13H2,1H3/t17-/m0/s1. The second kappa shape index (κ2) is 7.72. The second-order valence-corrected chi connectivity index (χ2v) is 7.11. The maximum atomic E-state index is 14.2. The lowest BCUT2D eigenvalue weighted by Crippen LogP contribution is -2.37. The number of amides is 1. The summed E-state index contributed by atoms with van der Waals surface area (Å²) in [5.74, 6) is -0.961. The molecule has 0 N–H and O–H groups in total. The number of halogens is 2. The molecule has 0 spiro atoms. The van der Waals surface area contributed by atoms with Crippen molar-refractivity contribution in [3.8, 4) is 0 Å². The lowest BCUT2D eigenvalue weighted by Gasteiger charge is -2.25. The Labute approximate surface area is 161 Å². The molecule has 4 nitrogen and oxygen atoms in total. The van der Waals surface area contributed by atoms with Crippen molar-refractivity contribution in [3.63, 3.8) is 0 Å². The quantitative estimate of drug-likeness (QED) is 0.631. The molecule has 0 bridgehead atoms. The van der Waals surface area contributed by atoms with Gasteiger partial charge in [-0.15, -0.1) is 0 Å². The van der Waals surface area contributed by atoms with Crippen LogP contribution < -0.4 is 0 Å². The van der Waals surface area contributed by atoms with Gasteiger partial charge in [-0.25, -0.2) is 8.78 Å². The predicted molar refractivity (Wildman–Crippen MR) is 101 cm³/mol. The van der Waals surface area contributed by atoms with Gasteiger partial charge in [0, 0.05) is 36.2 Å². The van der Waals surface area contributed by atoms with Crippen LogP contribution in [0.1, 0.15) is 34.5 Å². The number of hydrogen-bond donors (Lipinski definition) is 0. The number of carbonyl (C=O) groups excluding carboxylic acids is 1. The third-order valence-electron chi connectivity index (χ3n) is 5.15. The molecule has 1 fully saturated rings. The summed E-state index contributed by atoms with van der Waals surface area (Å²) in [6, 6.07) is 10.5. The van der Waals surface area contributed by atoms with Gasteiger partial charge >= 0.3 is 0 Å². The van der Waals surface area contributed by atoms with E-state index in [1.54, 1.807) is 30.0 Å². The molecule has 1 aliphatic rings. The van der Waals surface area contributed by atoms with E-state index < -0.39 is 5.82 Å². The van der Waals surface area contributed by atoms with Gasteiger partial charge in [0.15, 0.2) is 5.76 Å². The Balaban J connectivity index is 1.67. The van der Waals surface area contributed by atoms with Crippen molar-refractivity contribution < 1.29 is 22.7 Å². The van der Waals surface area contributed by atoms with E-state index in [2.05, 4.69) is 0 Å². The molecule has 1 saturated heterocycles. The first-order chi connectivity index (χ1) is 13.5. The normalized spacial score (nSPS) is 16.6. The first-order valence-corrected chi connectivity index (χ1v) is 9.36. The highest BCUT2D eigenvalue weighted by Gasteiger charge is 2.28. The minimum atomic E-state index is -0.391. The van der Waals surface area contributed by atoms with Gasteiger partial charge in [-0.1, -0.05) is 18.2 Å². The molecule has 6 heteroatoms. The highest BCUT2D eigenvalue weighted by Crippen LogP contribution is 2.28. The molecule has 1 aromatic heterocycles. The second-order valence-electron chi connectivity index (χ2n) is 7.11. The third-order valence-corrected chi connectivity index (χ3v) is 5.15. The fourth-order valence-electron chi connectivity index (χ4n) is 3.63. The molecule has 1 atom stereocenters. The molecule has 0 saturated carbocycles. The summed E-state index contributed by atoms with van der Waals surface area (Å²) in [7, 11) is 0. The largest absolute Gasteiger partial charge is 0.451 e. The van der Waals surface area contributed by atoms with E-state index in [9.17, 15) is 13.6 Å². The minimum absolute atomic E-state index is 0.0853. The van der Waals surface area contributed by atoms with E-state index in [4.69, 9.17) is 9.15 Å². The fraction of sp³-hybridized carbons (Fsp3) is 0.318. The number of fused-ring (bicyclic) bond motifs is 1. The molecule has 0 unspecified atom stereocenters. The van der Waals surface area contributed by atoms with Crippen molar-refractivity contribution in [1.82, 2.24) is 4.90 Å². The van der Waals surface area contributed by atoms with Crippen LogP contribution in [0.15, 0.2) is 46.9 Å². The van der Waals surface area contributed by atoms with E-state index in [1.807, 2.05) is 0 Å². The van der Waals surface area contributed by atoms with E-state index in [-0.39, 0.29) is 30.1 Å². The van der Waals surface area contributed by atoms with Gasteiger partial charge in [0.2, 0.25) is 0 Å². The molecule has 1 aliphatic heterocycles. The maximum absolute atomic E-state index is 14.2. The van der Waals surface area contributed by atoms with Crippen LogP contribution in [0.5, 0.6) is 0 Å². The smallest absolute Gasteiger partial charge is 0.290 e. The van der Waals surface area contributed by atoms with Gasteiger partial charge in [-0.3, -0.25) is 4.79 Å². The molecule has 1 amide bonds. The number of benzene rings is 2. The number of ether oxygens (including phenoxy) is 1. The predicted octanol–water partition coefficient (Wildman–Crippen LogP) is 4.84. The number of carbonyl (C=O) groups is 1. The van der Waals surface area contributed by atoms with Crippen LogP contribution in [0.25, 0.3) is 11.0 Å². The zero-order valence-corrected chi connectivity index (χ0v) is 15.6. The van der Waals surface area contributed by atoms with E-state index in [0.717, 1.165) is 12.8 Å². The number of nitrogens with zero attached hydrogens (tertiary/aromatic N) is 1. The van der Waals surface area contributed by atoms with Crippen LogP contribution in [0.2, 0.25) is 0 Å². The summed E-state index contributed by atoms with van der Waals surface area (Å²) < 4.78 is 39.2. The minimum Gasteiger partial charge on any atom is -0.451 e. The first-order valence-electron chi connectivity index (χ1n) is 9.36. The molecule has 146 valence electrons. The molecule has 0 radical (unpaired) electrons. The number of hydrogen-bond acceptors (Lipinski definition) is 3. The van der Waals surface area contributed by atoms with Crippen LogP contribution in [-0.2, 0) is 11.3 Å². The van der Waals surface area contributed by atoms with E-state index in [0.29, 0.717) is 35.2 Å². The number of aryl methyl sites for hydroxylation is 1. The Hall–Kier alpha value is -2.73. The molecule has 0 aliphatic carbocycles. The molecule has 4 rings (SSSR count). The van der Waals surface area contributed by atoms with Crippen LogP contribution in [-0.4, -0.2) is 30.1 Å². The summed E-state index contributed by atoms with van der Waals surface area (Å²) in [6.45, 7) is 2.84. The Morgan fingerprint density at radius 1 is 1.21 bits per heavy atom. The summed E-state index contributed by atoms with van der Waals surface area (Å²) >= 11 is 0. The highest BCUT2D eigenvalue weighted by atomic mass is 19.1. The third kappa shape index (κ3) is 3.64. The molecular formula is C22H21F2NO3. The number of furan rings is 1. The van der Waals surface area contributed by atoms with Crippen LogP contribution in [0, 0.1) is 18.6 Å². The van der Waals surface area contributed by atoms with Crippen molar-refractivity contribution in [2.45, 2.75) is 32.4 Å². The highest BCUT2D eigenvalue weighted by molar-refractivity contribution is 5.99. The monoisotopic (exact) mass is 385 g/mol. The van der Waals surface area contributed by atoms with Gasteiger partial charge < -0.3 is 14.1 Å². The van der Waals surface area contributed by atoms with Crippen LogP contribution >= 0.6 is 0 Å². The Morgan fingerprint density at radius 3 is 2.79 bits per heavy atom. The summed E-state index contributed by atoms with van der Waals surface area (Å²) in [5, 5.41) is 0.561. The Kier molecular flexibility index (Phi) is 5.13. The number of rotatable bonds is 5.